The first kappa shape index (κ1) is 11.7. The van der Waals surface area contributed by atoms with Crippen LogP contribution in [0, 0.1) is 6.92 Å². The van der Waals surface area contributed by atoms with Gasteiger partial charge in [-0.2, -0.15) is 16.7 Å². The second-order valence-electron chi connectivity index (χ2n) is 4.39. The molecule has 0 bridgehead atoms. The van der Waals surface area contributed by atoms with E-state index in [1.54, 1.807) is 18.0 Å². The molecule has 1 N–H and O–H groups in total. The van der Waals surface area contributed by atoms with E-state index in [9.17, 15) is 5.11 Å². The molecule has 3 heterocycles. The van der Waals surface area contributed by atoms with Crippen molar-refractivity contribution in [3.63, 3.8) is 0 Å². The maximum atomic E-state index is 9.80. The van der Waals surface area contributed by atoms with Crippen molar-refractivity contribution in [2.24, 2.45) is 0 Å². The van der Waals surface area contributed by atoms with Crippen LogP contribution in [-0.2, 0) is 0 Å². The minimum atomic E-state index is -0.395. The number of pyridine rings is 1. The summed E-state index contributed by atoms with van der Waals surface area (Å²) in [6, 6.07) is 3.83. The molecule has 1 aliphatic heterocycles. The largest absolute Gasteiger partial charge is 0.391 e. The van der Waals surface area contributed by atoms with E-state index in [4.69, 9.17) is 4.52 Å². The van der Waals surface area contributed by atoms with E-state index in [2.05, 4.69) is 15.1 Å². The van der Waals surface area contributed by atoms with E-state index >= 15 is 0 Å². The van der Waals surface area contributed by atoms with E-state index in [1.165, 1.54) is 0 Å². The van der Waals surface area contributed by atoms with Crippen molar-refractivity contribution in [2.45, 2.75) is 18.9 Å². The van der Waals surface area contributed by atoms with Crippen LogP contribution in [0.1, 0.15) is 17.4 Å². The number of aliphatic hydroxyl groups is 1. The van der Waals surface area contributed by atoms with E-state index in [0.29, 0.717) is 17.4 Å². The zero-order valence-corrected chi connectivity index (χ0v) is 10.7. The number of thioether (sulfide) groups is 1. The van der Waals surface area contributed by atoms with Gasteiger partial charge in [-0.15, -0.1) is 0 Å². The molecule has 18 heavy (non-hydrogen) atoms. The van der Waals surface area contributed by atoms with Crippen molar-refractivity contribution in [1.82, 2.24) is 15.1 Å². The van der Waals surface area contributed by atoms with Gasteiger partial charge in [0, 0.05) is 17.7 Å². The highest BCUT2D eigenvalue weighted by Gasteiger charge is 2.32. The highest BCUT2D eigenvalue weighted by atomic mass is 32.2. The molecule has 3 rings (SSSR count). The molecule has 2 atom stereocenters. The van der Waals surface area contributed by atoms with Crippen LogP contribution >= 0.6 is 11.8 Å². The Bertz CT molecular complexity index is 558. The standard InChI is InChI=1S/C12H13N3O2S/c1-7-2-3-13-9(4-7)11-14-12(17-15-11)8-5-18-6-10(8)16/h2-4,8,10,16H,5-6H2,1H3. The number of rotatable bonds is 2. The van der Waals surface area contributed by atoms with Crippen LogP contribution in [0.2, 0.25) is 0 Å². The third kappa shape index (κ3) is 2.13. The molecule has 2 aromatic heterocycles. The van der Waals surface area contributed by atoms with E-state index in [-0.39, 0.29) is 5.92 Å². The van der Waals surface area contributed by atoms with Gasteiger partial charge < -0.3 is 9.63 Å². The minimum Gasteiger partial charge on any atom is -0.391 e. The summed E-state index contributed by atoms with van der Waals surface area (Å²) in [5, 5.41) is 13.7. The number of nitrogens with zero attached hydrogens (tertiary/aromatic N) is 3. The summed E-state index contributed by atoms with van der Waals surface area (Å²) in [5.74, 6) is 2.49. The fourth-order valence-corrected chi connectivity index (χ4v) is 3.16. The third-order valence-corrected chi connectivity index (χ3v) is 4.13. The normalized spacial score (nSPS) is 23.4. The highest BCUT2D eigenvalue weighted by molar-refractivity contribution is 7.99. The van der Waals surface area contributed by atoms with Crippen LogP contribution in [0.3, 0.4) is 0 Å². The number of aliphatic hydroxyl groups excluding tert-OH is 1. The van der Waals surface area contributed by atoms with Crippen LogP contribution in [-0.4, -0.2) is 37.8 Å². The molecule has 0 radical (unpaired) electrons. The molecule has 1 fully saturated rings. The molecule has 0 spiro atoms. The molecule has 2 unspecified atom stereocenters. The van der Waals surface area contributed by atoms with Gasteiger partial charge in [-0.25, -0.2) is 0 Å². The van der Waals surface area contributed by atoms with Crippen LogP contribution in [0.4, 0.5) is 0 Å². The Morgan fingerprint density at radius 1 is 1.44 bits per heavy atom. The van der Waals surface area contributed by atoms with Crippen molar-refractivity contribution < 1.29 is 9.63 Å². The lowest BCUT2D eigenvalue weighted by Crippen LogP contribution is -2.15. The second kappa shape index (κ2) is 4.70. The lowest BCUT2D eigenvalue weighted by atomic mass is 10.1. The maximum absolute atomic E-state index is 9.80. The smallest absolute Gasteiger partial charge is 0.233 e. The second-order valence-corrected chi connectivity index (χ2v) is 5.46. The van der Waals surface area contributed by atoms with Gasteiger partial charge in [0.05, 0.1) is 12.0 Å². The summed E-state index contributed by atoms with van der Waals surface area (Å²) in [6.07, 6.45) is 1.33. The van der Waals surface area contributed by atoms with Gasteiger partial charge in [-0.3, -0.25) is 4.98 Å². The Balaban J connectivity index is 1.89. The van der Waals surface area contributed by atoms with E-state index in [1.807, 2.05) is 19.1 Å². The minimum absolute atomic E-state index is 0.0546. The van der Waals surface area contributed by atoms with Crippen LogP contribution in [0.25, 0.3) is 11.5 Å². The van der Waals surface area contributed by atoms with E-state index in [0.717, 1.165) is 17.1 Å². The van der Waals surface area contributed by atoms with Gasteiger partial charge in [0.15, 0.2) is 0 Å². The summed E-state index contributed by atoms with van der Waals surface area (Å²) in [5.41, 5.74) is 1.80. The first-order valence-corrected chi connectivity index (χ1v) is 6.92. The first-order chi connectivity index (χ1) is 8.74. The number of aryl methyl sites for hydroxylation is 1. The molecule has 0 aromatic carbocycles. The molecule has 5 nitrogen and oxygen atoms in total. The number of aromatic nitrogens is 3. The highest BCUT2D eigenvalue weighted by Crippen LogP contribution is 2.32. The lowest BCUT2D eigenvalue weighted by molar-refractivity contribution is 0.164. The number of hydrogen-bond acceptors (Lipinski definition) is 6. The summed E-state index contributed by atoms with van der Waals surface area (Å²) in [6.45, 7) is 1.99. The molecule has 94 valence electrons. The Hall–Kier alpha value is -1.40. The average molecular weight is 263 g/mol. The van der Waals surface area contributed by atoms with Crippen molar-refractivity contribution in [2.75, 3.05) is 11.5 Å². The molecule has 2 aromatic rings. The lowest BCUT2D eigenvalue weighted by Gasteiger charge is -2.06. The van der Waals surface area contributed by atoms with E-state index < -0.39 is 6.10 Å². The summed E-state index contributed by atoms with van der Waals surface area (Å²) in [4.78, 5) is 8.56. The van der Waals surface area contributed by atoms with Crippen LogP contribution < -0.4 is 0 Å². The summed E-state index contributed by atoms with van der Waals surface area (Å²) < 4.78 is 5.24. The van der Waals surface area contributed by atoms with Gasteiger partial charge in [-0.05, 0) is 24.6 Å². The third-order valence-electron chi connectivity index (χ3n) is 2.95. The molecule has 0 amide bonds. The topological polar surface area (TPSA) is 72.0 Å². The Morgan fingerprint density at radius 2 is 2.33 bits per heavy atom. The fourth-order valence-electron chi connectivity index (χ4n) is 1.93. The molecule has 6 heteroatoms. The van der Waals surface area contributed by atoms with Crippen molar-refractivity contribution in [3.05, 3.63) is 29.8 Å². The van der Waals surface area contributed by atoms with Crippen molar-refractivity contribution >= 4 is 11.8 Å². The maximum Gasteiger partial charge on any atom is 0.233 e. The van der Waals surface area contributed by atoms with Gasteiger partial charge in [-0.1, -0.05) is 5.16 Å². The van der Waals surface area contributed by atoms with Crippen LogP contribution in [0.5, 0.6) is 0 Å². The Kier molecular flexibility index (Phi) is 3.05. The number of hydrogen-bond donors (Lipinski definition) is 1. The molecule has 1 saturated heterocycles. The monoisotopic (exact) mass is 263 g/mol. The summed E-state index contributed by atoms with van der Waals surface area (Å²) >= 11 is 1.70. The predicted molar refractivity (Wildman–Crippen MR) is 68.3 cm³/mol. The molecule has 0 saturated carbocycles. The Labute approximate surface area is 109 Å². The van der Waals surface area contributed by atoms with Gasteiger partial charge in [0.1, 0.15) is 5.69 Å². The summed E-state index contributed by atoms with van der Waals surface area (Å²) in [7, 11) is 0. The fraction of sp³-hybridized carbons (Fsp3) is 0.417. The average Bonchev–Trinajstić information content (AvgIpc) is 2.97. The molecular formula is C12H13N3O2S. The van der Waals surface area contributed by atoms with Gasteiger partial charge in [0.2, 0.25) is 11.7 Å². The molecule has 0 aliphatic carbocycles. The zero-order chi connectivity index (χ0) is 12.5. The van der Waals surface area contributed by atoms with Gasteiger partial charge in [0.25, 0.3) is 0 Å². The molecular weight excluding hydrogens is 250 g/mol. The Morgan fingerprint density at radius 3 is 3.06 bits per heavy atom. The molecule has 1 aliphatic rings. The van der Waals surface area contributed by atoms with Crippen LogP contribution in [0.15, 0.2) is 22.9 Å². The van der Waals surface area contributed by atoms with Gasteiger partial charge >= 0.3 is 0 Å². The van der Waals surface area contributed by atoms with Crippen molar-refractivity contribution in [3.8, 4) is 11.5 Å². The zero-order valence-electron chi connectivity index (χ0n) is 9.91. The SMILES string of the molecule is Cc1ccnc(-c2noc(C3CSCC3O)n2)c1. The first-order valence-electron chi connectivity index (χ1n) is 5.76. The predicted octanol–water partition coefficient (Wildman–Crippen LogP) is 1.63. The van der Waals surface area contributed by atoms with Crippen molar-refractivity contribution in [1.29, 1.82) is 0 Å². The quantitative estimate of drug-likeness (QED) is 0.888.